The van der Waals surface area contributed by atoms with E-state index in [0.29, 0.717) is 5.17 Å². The molecule has 1 aliphatic heterocycles. The zero-order valence-corrected chi connectivity index (χ0v) is 13.5. The van der Waals surface area contributed by atoms with Gasteiger partial charge in [0, 0.05) is 24.5 Å². The molecule has 0 unspecified atom stereocenters. The zero-order chi connectivity index (χ0) is 14.3. The number of unbranched alkanes of at least 4 members (excludes halogenated alkanes) is 1. The van der Waals surface area contributed by atoms with E-state index in [9.17, 15) is 0 Å². The minimum absolute atomic E-state index is 0.584. The van der Waals surface area contributed by atoms with Crippen molar-refractivity contribution >= 4 is 16.8 Å². The standard InChI is InChI=1S/C16H27ClN2/c1-5-6-7-14(3)18-16(17)12-15(4)19-10-8-13(2)9-11-19/h7,12-13H,5-6,8-11H2,1-4H3/b14-7+,15-12+,18-16-. The Bertz CT molecular complexity index is 361. The molecule has 0 aromatic heterocycles. The van der Waals surface area contributed by atoms with Crippen LogP contribution in [0.4, 0.5) is 0 Å². The van der Waals surface area contributed by atoms with Gasteiger partial charge in [-0.25, -0.2) is 4.99 Å². The van der Waals surface area contributed by atoms with Crippen LogP contribution in [0.3, 0.4) is 0 Å². The fourth-order valence-corrected chi connectivity index (χ4v) is 2.52. The van der Waals surface area contributed by atoms with Gasteiger partial charge in [0.1, 0.15) is 5.17 Å². The summed E-state index contributed by atoms with van der Waals surface area (Å²) in [5.74, 6) is 0.854. The lowest BCUT2D eigenvalue weighted by molar-refractivity contribution is 0.238. The third kappa shape index (κ3) is 6.29. The first kappa shape index (κ1) is 16.3. The molecule has 0 saturated carbocycles. The minimum Gasteiger partial charge on any atom is -0.375 e. The lowest BCUT2D eigenvalue weighted by atomic mass is 9.99. The van der Waals surface area contributed by atoms with Gasteiger partial charge in [-0.15, -0.1) is 0 Å². The number of allylic oxidation sites excluding steroid dienone is 4. The minimum atomic E-state index is 0.584. The van der Waals surface area contributed by atoms with Gasteiger partial charge in [0.25, 0.3) is 0 Å². The Kier molecular flexibility index (Phi) is 7.22. The van der Waals surface area contributed by atoms with E-state index in [-0.39, 0.29) is 0 Å². The number of hydrogen-bond donors (Lipinski definition) is 0. The fourth-order valence-electron chi connectivity index (χ4n) is 2.22. The topological polar surface area (TPSA) is 15.6 Å². The van der Waals surface area contributed by atoms with Crippen LogP contribution in [0.15, 0.2) is 28.5 Å². The lowest BCUT2D eigenvalue weighted by Gasteiger charge is -2.32. The van der Waals surface area contributed by atoms with Crippen molar-refractivity contribution in [3.8, 4) is 0 Å². The van der Waals surface area contributed by atoms with Gasteiger partial charge in [-0.3, -0.25) is 0 Å². The number of piperidine rings is 1. The molecule has 0 N–H and O–H groups in total. The third-order valence-corrected chi connectivity index (χ3v) is 3.82. The largest absolute Gasteiger partial charge is 0.375 e. The molecule has 1 heterocycles. The summed E-state index contributed by atoms with van der Waals surface area (Å²) in [6.45, 7) is 10.9. The molecule has 1 fully saturated rings. The van der Waals surface area contributed by atoms with Crippen LogP contribution in [-0.2, 0) is 0 Å². The van der Waals surface area contributed by atoms with E-state index in [1.807, 2.05) is 13.0 Å². The predicted molar refractivity (Wildman–Crippen MR) is 85.7 cm³/mol. The van der Waals surface area contributed by atoms with Gasteiger partial charge >= 0.3 is 0 Å². The van der Waals surface area contributed by atoms with Crippen molar-refractivity contribution < 1.29 is 0 Å². The molecule has 3 heteroatoms. The number of hydrogen-bond acceptors (Lipinski definition) is 2. The molecule has 0 radical (unpaired) electrons. The second-order valence-corrected chi connectivity index (χ2v) is 5.91. The Hall–Kier alpha value is -0.760. The second kappa shape index (κ2) is 8.42. The van der Waals surface area contributed by atoms with Crippen molar-refractivity contribution in [1.29, 1.82) is 0 Å². The number of rotatable bonds is 5. The molecule has 0 amide bonds. The van der Waals surface area contributed by atoms with Gasteiger partial charge in [0.2, 0.25) is 0 Å². The van der Waals surface area contributed by atoms with Gasteiger partial charge in [0.15, 0.2) is 0 Å². The van der Waals surface area contributed by atoms with Gasteiger partial charge in [0.05, 0.1) is 0 Å². The summed E-state index contributed by atoms with van der Waals surface area (Å²) in [4.78, 5) is 6.81. The smallest absolute Gasteiger partial charge is 0.131 e. The van der Waals surface area contributed by atoms with Crippen molar-refractivity contribution in [1.82, 2.24) is 4.90 Å². The van der Waals surface area contributed by atoms with Crippen LogP contribution in [0.2, 0.25) is 0 Å². The van der Waals surface area contributed by atoms with Crippen molar-refractivity contribution in [2.75, 3.05) is 13.1 Å². The van der Waals surface area contributed by atoms with Crippen molar-refractivity contribution in [2.45, 2.75) is 53.4 Å². The lowest BCUT2D eigenvalue weighted by Crippen LogP contribution is -2.31. The zero-order valence-electron chi connectivity index (χ0n) is 12.7. The Morgan fingerprint density at radius 1 is 1.32 bits per heavy atom. The molecule has 0 spiro atoms. The van der Waals surface area contributed by atoms with E-state index < -0.39 is 0 Å². The van der Waals surface area contributed by atoms with Gasteiger partial charge < -0.3 is 4.90 Å². The number of likely N-dealkylation sites (tertiary alicyclic amines) is 1. The quantitative estimate of drug-likeness (QED) is 0.651. The van der Waals surface area contributed by atoms with E-state index in [2.05, 4.69) is 36.7 Å². The van der Waals surface area contributed by atoms with Crippen LogP contribution >= 0.6 is 11.6 Å². The van der Waals surface area contributed by atoms with E-state index in [1.54, 1.807) is 0 Å². The Labute approximate surface area is 123 Å². The van der Waals surface area contributed by atoms with E-state index in [1.165, 1.54) is 18.5 Å². The van der Waals surface area contributed by atoms with Crippen LogP contribution in [0.25, 0.3) is 0 Å². The van der Waals surface area contributed by atoms with E-state index >= 15 is 0 Å². The van der Waals surface area contributed by atoms with Crippen LogP contribution in [0.1, 0.15) is 53.4 Å². The number of halogens is 1. The summed E-state index contributed by atoms with van der Waals surface area (Å²) in [5.41, 5.74) is 2.23. The highest BCUT2D eigenvalue weighted by Gasteiger charge is 2.15. The fraction of sp³-hybridized carbons (Fsp3) is 0.688. The van der Waals surface area contributed by atoms with Gasteiger partial charge in [-0.1, -0.05) is 37.9 Å². The number of nitrogens with zero attached hydrogens (tertiary/aromatic N) is 2. The highest BCUT2D eigenvalue weighted by molar-refractivity contribution is 6.68. The molecule has 19 heavy (non-hydrogen) atoms. The first-order valence-corrected chi connectivity index (χ1v) is 7.75. The van der Waals surface area contributed by atoms with Crippen LogP contribution in [0.5, 0.6) is 0 Å². The first-order valence-electron chi connectivity index (χ1n) is 7.37. The summed E-state index contributed by atoms with van der Waals surface area (Å²) in [6.07, 6.45) is 8.87. The van der Waals surface area contributed by atoms with Crippen molar-refractivity contribution in [2.24, 2.45) is 10.9 Å². The Balaban J connectivity index is 2.59. The normalized spacial score (nSPS) is 20.1. The van der Waals surface area contributed by atoms with Crippen LogP contribution in [0, 0.1) is 5.92 Å². The highest BCUT2D eigenvalue weighted by atomic mass is 35.5. The molecule has 108 valence electrons. The van der Waals surface area contributed by atoms with E-state index in [0.717, 1.165) is 37.5 Å². The van der Waals surface area contributed by atoms with Crippen LogP contribution < -0.4 is 0 Å². The molecular weight excluding hydrogens is 256 g/mol. The van der Waals surface area contributed by atoms with Crippen LogP contribution in [-0.4, -0.2) is 23.2 Å². The molecule has 0 bridgehead atoms. The third-order valence-electron chi connectivity index (χ3n) is 3.62. The molecule has 0 aromatic rings. The Morgan fingerprint density at radius 3 is 2.53 bits per heavy atom. The number of aliphatic imine (C=N–C) groups is 1. The molecule has 0 aliphatic carbocycles. The predicted octanol–water partition coefficient (Wildman–Crippen LogP) is 4.96. The van der Waals surface area contributed by atoms with Gasteiger partial charge in [-0.2, -0.15) is 0 Å². The maximum absolute atomic E-state index is 6.20. The Morgan fingerprint density at radius 2 is 1.95 bits per heavy atom. The monoisotopic (exact) mass is 282 g/mol. The molecule has 1 rings (SSSR count). The van der Waals surface area contributed by atoms with E-state index in [4.69, 9.17) is 11.6 Å². The molecule has 1 aliphatic rings. The summed E-state index contributed by atoms with van der Waals surface area (Å²) in [7, 11) is 0. The summed E-state index contributed by atoms with van der Waals surface area (Å²) in [6, 6.07) is 0. The molecular formula is C16H27ClN2. The maximum atomic E-state index is 6.20. The summed E-state index contributed by atoms with van der Waals surface area (Å²) < 4.78 is 0. The highest BCUT2D eigenvalue weighted by Crippen LogP contribution is 2.19. The average Bonchev–Trinajstić information content (AvgIpc) is 2.36. The van der Waals surface area contributed by atoms with Crippen molar-refractivity contribution in [3.63, 3.8) is 0 Å². The maximum Gasteiger partial charge on any atom is 0.131 e. The second-order valence-electron chi connectivity index (χ2n) is 5.52. The SMILES string of the molecule is CCC/C=C(C)/N=C(Cl)/C=C(\C)N1CCC(C)CC1. The molecule has 0 atom stereocenters. The average molecular weight is 283 g/mol. The molecule has 2 nitrogen and oxygen atoms in total. The van der Waals surface area contributed by atoms with Gasteiger partial charge in [-0.05, 0) is 45.1 Å². The molecule has 1 saturated heterocycles. The summed E-state index contributed by atoms with van der Waals surface area (Å²) in [5, 5.41) is 0.584. The first-order chi connectivity index (χ1) is 9.02. The molecule has 0 aromatic carbocycles. The van der Waals surface area contributed by atoms with Crippen molar-refractivity contribution in [3.05, 3.63) is 23.5 Å². The summed E-state index contributed by atoms with van der Waals surface area (Å²) >= 11 is 6.20.